The number of hydrogen-bond donors (Lipinski definition) is 2. The number of carbonyl (C=O) groups is 2. The summed E-state index contributed by atoms with van der Waals surface area (Å²) in [6.07, 6.45) is 0.261. The minimum atomic E-state index is -1.03. The molecule has 0 spiro atoms. The van der Waals surface area contributed by atoms with Crippen LogP contribution in [0.2, 0.25) is 0 Å². The molecule has 2 heterocycles. The summed E-state index contributed by atoms with van der Waals surface area (Å²) in [4.78, 5) is 26.0. The van der Waals surface area contributed by atoms with Crippen molar-refractivity contribution in [2.24, 2.45) is 11.7 Å². The Morgan fingerprint density at radius 2 is 2.04 bits per heavy atom. The fraction of sp³-hybridized carbons (Fsp3) is 0.500. The van der Waals surface area contributed by atoms with Crippen molar-refractivity contribution in [1.29, 1.82) is 0 Å². The number of ether oxygens (including phenoxy) is 1. The molecular weight excluding hydrogens is 348 g/mol. The number of aliphatic carboxylic acids is 1. The number of carboxylic acid groups (broad SMARTS) is 1. The fourth-order valence-corrected chi connectivity index (χ4v) is 3.50. The van der Waals surface area contributed by atoms with Gasteiger partial charge < -0.3 is 20.0 Å². The van der Waals surface area contributed by atoms with Gasteiger partial charge in [-0.3, -0.25) is 14.5 Å². The van der Waals surface area contributed by atoms with E-state index in [0.29, 0.717) is 30.7 Å². The van der Waals surface area contributed by atoms with Gasteiger partial charge in [-0.1, -0.05) is 18.2 Å². The number of para-hydroxylation sites is 1. The molecule has 27 heavy (non-hydrogen) atoms. The van der Waals surface area contributed by atoms with E-state index in [-0.39, 0.29) is 11.9 Å². The SMILES string of the molecule is CC(C)(C)OC(=O)[C@@H]1CCN([C@@H](C(=O)O)c2cc3ccccc3o2)[C@@H](N)C1. The number of rotatable bonds is 4. The molecule has 1 aliphatic rings. The third-order valence-electron chi connectivity index (χ3n) is 4.71. The molecule has 1 fully saturated rings. The lowest BCUT2D eigenvalue weighted by Crippen LogP contribution is -2.52. The summed E-state index contributed by atoms with van der Waals surface area (Å²) >= 11 is 0. The van der Waals surface area contributed by atoms with Gasteiger partial charge >= 0.3 is 11.9 Å². The number of esters is 1. The van der Waals surface area contributed by atoms with Gasteiger partial charge in [-0.05, 0) is 45.7 Å². The molecule has 0 amide bonds. The van der Waals surface area contributed by atoms with Gasteiger partial charge in [0, 0.05) is 11.9 Å². The number of fused-ring (bicyclic) bond motifs is 1. The highest BCUT2D eigenvalue weighted by Gasteiger charge is 2.40. The molecular formula is C20H26N2O5. The van der Waals surface area contributed by atoms with Gasteiger partial charge in [0.15, 0.2) is 6.04 Å². The van der Waals surface area contributed by atoms with Gasteiger partial charge in [0.2, 0.25) is 0 Å². The van der Waals surface area contributed by atoms with Crippen LogP contribution in [0, 0.1) is 5.92 Å². The number of piperidine rings is 1. The maximum Gasteiger partial charge on any atom is 0.328 e. The topological polar surface area (TPSA) is 106 Å². The first-order valence-electron chi connectivity index (χ1n) is 9.11. The number of nitrogens with two attached hydrogens (primary N) is 1. The second-order valence-electron chi connectivity index (χ2n) is 7.99. The van der Waals surface area contributed by atoms with E-state index in [9.17, 15) is 14.7 Å². The van der Waals surface area contributed by atoms with Crippen LogP contribution in [0.5, 0.6) is 0 Å². The second kappa shape index (κ2) is 7.32. The highest BCUT2D eigenvalue weighted by molar-refractivity contribution is 5.81. The average molecular weight is 374 g/mol. The predicted octanol–water partition coefficient (Wildman–Crippen LogP) is 2.90. The van der Waals surface area contributed by atoms with Crippen LogP contribution in [0.1, 0.15) is 45.4 Å². The Morgan fingerprint density at radius 1 is 1.33 bits per heavy atom. The number of nitrogens with zero attached hydrogens (tertiary/aromatic N) is 1. The number of carboxylic acids is 1. The van der Waals surface area contributed by atoms with Crippen molar-refractivity contribution in [2.45, 2.75) is 51.4 Å². The van der Waals surface area contributed by atoms with Gasteiger partial charge in [-0.25, -0.2) is 0 Å². The Morgan fingerprint density at radius 3 is 2.63 bits per heavy atom. The van der Waals surface area contributed by atoms with Crippen LogP contribution in [0.25, 0.3) is 11.0 Å². The van der Waals surface area contributed by atoms with Gasteiger partial charge in [0.1, 0.15) is 16.9 Å². The Kier molecular flexibility index (Phi) is 5.26. The van der Waals surface area contributed by atoms with Gasteiger partial charge in [0.05, 0.1) is 12.1 Å². The quantitative estimate of drug-likeness (QED) is 0.793. The molecule has 1 aromatic carbocycles. The maximum atomic E-state index is 12.3. The lowest BCUT2D eigenvalue weighted by molar-refractivity contribution is -0.163. The highest BCUT2D eigenvalue weighted by Crippen LogP contribution is 2.33. The first-order valence-corrected chi connectivity index (χ1v) is 9.11. The molecule has 146 valence electrons. The van der Waals surface area contributed by atoms with E-state index in [1.807, 2.05) is 39.0 Å². The van der Waals surface area contributed by atoms with E-state index in [2.05, 4.69) is 0 Å². The largest absolute Gasteiger partial charge is 0.480 e. The van der Waals surface area contributed by atoms with Crippen molar-refractivity contribution in [3.05, 3.63) is 36.1 Å². The number of hydrogen-bond acceptors (Lipinski definition) is 6. The summed E-state index contributed by atoms with van der Waals surface area (Å²) in [5, 5.41) is 10.6. The lowest BCUT2D eigenvalue weighted by atomic mass is 9.92. The van der Waals surface area contributed by atoms with Crippen LogP contribution in [0.15, 0.2) is 34.7 Å². The monoisotopic (exact) mass is 374 g/mol. The molecule has 1 aromatic heterocycles. The average Bonchev–Trinajstić information content (AvgIpc) is 2.98. The minimum absolute atomic E-state index is 0.284. The third kappa shape index (κ3) is 4.31. The normalized spacial score (nSPS) is 22.5. The molecule has 3 atom stereocenters. The number of likely N-dealkylation sites (tertiary alicyclic amines) is 1. The smallest absolute Gasteiger partial charge is 0.328 e. The first-order chi connectivity index (χ1) is 12.7. The number of carbonyl (C=O) groups excluding carboxylic acids is 1. The van der Waals surface area contributed by atoms with Crippen molar-refractivity contribution in [1.82, 2.24) is 4.90 Å². The van der Waals surface area contributed by atoms with Crippen molar-refractivity contribution < 1.29 is 23.8 Å². The summed E-state index contributed by atoms with van der Waals surface area (Å²) < 4.78 is 11.2. The molecule has 3 N–H and O–H groups in total. The van der Waals surface area contributed by atoms with Crippen LogP contribution >= 0.6 is 0 Å². The van der Waals surface area contributed by atoms with E-state index in [1.165, 1.54) is 0 Å². The molecule has 0 radical (unpaired) electrons. The highest BCUT2D eigenvalue weighted by atomic mass is 16.6. The van der Waals surface area contributed by atoms with Gasteiger partial charge in [0.25, 0.3) is 0 Å². The molecule has 0 bridgehead atoms. The second-order valence-corrected chi connectivity index (χ2v) is 7.99. The Balaban J connectivity index is 1.78. The molecule has 0 unspecified atom stereocenters. The van der Waals surface area contributed by atoms with Crippen LogP contribution < -0.4 is 5.73 Å². The predicted molar refractivity (Wildman–Crippen MR) is 99.8 cm³/mol. The zero-order chi connectivity index (χ0) is 19.8. The van der Waals surface area contributed by atoms with Crippen LogP contribution in [0.4, 0.5) is 0 Å². The molecule has 2 aromatic rings. The summed E-state index contributed by atoms with van der Waals surface area (Å²) in [6, 6.07) is 8.12. The summed E-state index contributed by atoms with van der Waals surface area (Å²) in [6.45, 7) is 5.84. The maximum absolute atomic E-state index is 12.3. The Bertz CT molecular complexity index is 805. The van der Waals surface area contributed by atoms with E-state index in [0.717, 1.165) is 5.39 Å². The van der Waals surface area contributed by atoms with Crippen LogP contribution in [0.3, 0.4) is 0 Å². The molecule has 7 nitrogen and oxygen atoms in total. The fourth-order valence-electron chi connectivity index (χ4n) is 3.50. The molecule has 7 heteroatoms. The minimum Gasteiger partial charge on any atom is -0.480 e. The van der Waals surface area contributed by atoms with E-state index in [4.69, 9.17) is 14.9 Å². The first kappa shape index (κ1) is 19.4. The van der Waals surface area contributed by atoms with Crippen molar-refractivity contribution in [3.63, 3.8) is 0 Å². The van der Waals surface area contributed by atoms with Crippen molar-refractivity contribution in [2.75, 3.05) is 6.54 Å². The standard InChI is InChI=1S/C20H26N2O5/c1-20(2,3)27-19(25)13-8-9-22(16(21)11-13)17(18(23)24)15-10-12-6-4-5-7-14(12)26-15/h4-7,10,13,16-17H,8-9,11,21H2,1-3H3,(H,23,24)/t13-,16-,17-/m1/s1. The molecule has 0 aliphatic carbocycles. The molecule has 1 aliphatic heterocycles. The van der Waals surface area contributed by atoms with Crippen molar-refractivity contribution >= 4 is 22.9 Å². The third-order valence-corrected chi connectivity index (χ3v) is 4.71. The Labute approximate surface area is 158 Å². The number of furan rings is 1. The van der Waals surface area contributed by atoms with Gasteiger partial charge in [-0.15, -0.1) is 0 Å². The molecule has 1 saturated heterocycles. The zero-order valence-corrected chi connectivity index (χ0v) is 15.8. The van der Waals surface area contributed by atoms with E-state index in [1.54, 1.807) is 17.0 Å². The van der Waals surface area contributed by atoms with Crippen molar-refractivity contribution in [3.8, 4) is 0 Å². The van der Waals surface area contributed by atoms with Gasteiger partial charge in [-0.2, -0.15) is 0 Å². The Hall–Kier alpha value is -2.38. The molecule has 0 saturated carbocycles. The van der Waals surface area contributed by atoms with E-state index < -0.39 is 23.8 Å². The molecule has 3 rings (SSSR count). The summed E-state index contributed by atoms with van der Waals surface area (Å²) in [7, 11) is 0. The summed E-state index contributed by atoms with van der Waals surface area (Å²) in [5.74, 6) is -1.30. The van der Waals surface area contributed by atoms with E-state index >= 15 is 0 Å². The zero-order valence-electron chi connectivity index (χ0n) is 15.8. The number of benzene rings is 1. The summed E-state index contributed by atoms with van der Waals surface area (Å²) in [5.41, 5.74) is 6.33. The van der Waals surface area contributed by atoms with Crippen LogP contribution in [-0.2, 0) is 14.3 Å². The lowest BCUT2D eigenvalue weighted by Gasteiger charge is -2.39. The van der Waals surface area contributed by atoms with Crippen LogP contribution in [-0.4, -0.2) is 40.3 Å².